The first kappa shape index (κ1) is 9.43. The van der Waals surface area contributed by atoms with Gasteiger partial charge in [-0.25, -0.2) is 0 Å². The highest BCUT2D eigenvalue weighted by Crippen LogP contribution is 2.16. The van der Waals surface area contributed by atoms with Gasteiger partial charge in [-0.15, -0.1) is 0 Å². The fourth-order valence-corrected chi connectivity index (χ4v) is 0.519. The summed E-state index contributed by atoms with van der Waals surface area (Å²) < 4.78 is 0. The average molecular weight is 145 g/mol. The van der Waals surface area contributed by atoms with E-state index in [1.807, 2.05) is 0 Å². The Hall–Kier alpha value is -0.570. The topological polar surface area (TPSA) is 38.3 Å². The summed E-state index contributed by atoms with van der Waals surface area (Å²) in [5.74, 6) is 0. The Morgan fingerprint density at radius 2 is 2.10 bits per heavy atom. The van der Waals surface area contributed by atoms with Gasteiger partial charge in [-0.3, -0.25) is 4.79 Å². The maximum Gasteiger partial charge on any atom is 0.312 e. The molecule has 0 spiro atoms. The van der Waals surface area contributed by atoms with Crippen LogP contribution in [0.15, 0.2) is 0 Å². The molecule has 1 N–H and O–H groups in total. The Morgan fingerprint density at radius 3 is 2.50 bits per heavy atom. The van der Waals surface area contributed by atoms with Gasteiger partial charge in [0, 0.05) is 6.54 Å². The Morgan fingerprint density at radius 1 is 1.50 bits per heavy atom. The predicted octanol–water partition coefficient (Wildman–Crippen LogP) is 1.10. The second-order valence-electron chi connectivity index (χ2n) is 3.42. The molecule has 0 radical (unpaired) electrons. The summed E-state index contributed by atoms with van der Waals surface area (Å²) in [6.45, 7) is 7.51. The van der Waals surface area contributed by atoms with Crippen LogP contribution in [-0.2, 0) is 9.63 Å². The molecule has 0 aromatic heterocycles. The minimum atomic E-state index is 0.291. The summed E-state index contributed by atoms with van der Waals surface area (Å²) in [5, 5.41) is 0. The first-order chi connectivity index (χ1) is 4.56. The number of rotatable bonds is 4. The molecule has 0 bridgehead atoms. The summed E-state index contributed by atoms with van der Waals surface area (Å²) >= 11 is 0. The number of hydrogen-bond acceptors (Lipinski definition) is 3. The zero-order valence-corrected chi connectivity index (χ0v) is 6.81. The smallest absolute Gasteiger partial charge is 0.312 e. The maximum absolute atomic E-state index is 9.64. The first-order valence-electron chi connectivity index (χ1n) is 3.38. The van der Waals surface area contributed by atoms with E-state index in [1.54, 1.807) is 0 Å². The van der Waals surface area contributed by atoms with E-state index in [4.69, 9.17) is 0 Å². The molecule has 0 atom stereocenters. The molecule has 0 aromatic carbocycles. The molecule has 3 heteroatoms. The van der Waals surface area contributed by atoms with Crippen molar-refractivity contribution >= 4 is 6.47 Å². The Labute approximate surface area is 61.7 Å². The zero-order valence-electron chi connectivity index (χ0n) is 6.81. The predicted molar refractivity (Wildman–Crippen MR) is 39.2 cm³/mol. The number of nitrogens with one attached hydrogen (secondary N) is 1. The quantitative estimate of drug-likeness (QED) is 0.366. The standard InChI is InChI=1S/C7H15NO2/c1-7(2,3)4-5-8-10-6-9/h6,8H,4-5H2,1-3H3. The molecule has 0 unspecified atom stereocenters. The average Bonchev–Trinajstić information content (AvgIpc) is 1.78. The molecule has 0 aliphatic rings. The molecule has 0 aromatic rings. The second kappa shape index (κ2) is 4.28. The van der Waals surface area contributed by atoms with E-state index in [2.05, 4.69) is 31.1 Å². The molecule has 0 saturated carbocycles. The van der Waals surface area contributed by atoms with Crippen molar-refractivity contribution in [2.75, 3.05) is 6.54 Å². The summed E-state index contributed by atoms with van der Waals surface area (Å²) in [6.07, 6.45) is 0.987. The van der Waals surface area contributed by atoms with E-state index in [0.717, 1.165) is 6.42 Å². The van der Waals surface area contributed by atoms with Crippen molar-refractivity contribution in [2.24, 2.45) is 5.41 Å². The van der Waals surface area contributed by atoms with Crippen LogP contribution in [0.2, 0.25) is 0 Å². The van der Waals surface area contributed by atoms with Gasteiger partial charge in [0.2, 0.25) is 0 Å². The first-order valence-corrected chi connectivity index (χ1v) is 3.38. The Bertz CT molecular complexity index is 96.3. The molecule has 60 valence electrons. The number of hydrogen-bond donors (Lipinski definition) is 1. The van der Waals surface area contributed by atoms with Gasteiger partial charge in [0.05, 0.1) is 0 Å². The summed E-state index contributed by atoms with van der Waals surface area (Å²) in [7, 11) is 0. The maximum atomic E-state index is 9.64. The largest absolute Gasteiger partial charge is 0.374 e. The van der Waals surface area contributed by atoms with Crippen LogP contribution in [0.3, 0.4) is 0 Å². The Kier molecular flexibility index (Phi) is 4.03. The minimum absolute atomic E-state index is 0.291. The molecule has 0 aliphatic carbocycles. The van der Waals surface area contributed by atoms with Crippen LogP contribution in [0.1, 0.15) is 27.2 Å². The molecule has 10 heavy (non-hydrogen) atoms. The van der Waals surface area contributed by atoms with Crippen molar-refractivity contribution in [3.05, 3.63) is 0 Å². The van der Waals surface area contributed by atoms with Gasteiger partial charge < -0.3 is 4.84 Å². The molecule has 0 aliphatic heterocycles. The van der Waals surface area contributed by atoms with Gasteiger partial charge in [-0.2, -0.15) is 5.48 Å². The fraction of sp³-hybridized carbons (Fsp3) is 0.857. The summed E-state index contributed by atoms with van der Waals surface area (Å²) in [5.41, 5.74) is 2.81. The van der Waals surface area contributed by atoms with Crippen LogP contribution in [0, 0.1) is 5.41 Å². The van der Waals surface area contributed by atoms with Gasteiger partial charge in [-0.1, -0.05) is 20.8 Å². The molecule has 0 amide bonds. The van der Waals surface area contributed by atoms with Crippen LogP contribution in [0.5, 0.6) is 0 Å². The van der Waals surface area contributed by atoms with Crippen molar-refractivity contribution < 1.29 is 9.63 Å². The molecule has 3 nitrogen and oxygen atoms in total. The van der Waals surface area contributed by atoms with Gasteiger partial charge in [0.25, 0.3) is 0 Å². The number of carbonyl (C=O) groups excluding carboxylic acids is 1. The lowest BCUT2D eigenvalue weighted by atomic mass is 9.93. The van der Waals surface area contributed by atoms with E-state index in [-0.39, 0.29) is 0 Å². The fourth-order valence-electron chi connectivity index (χ4n) is 0.519. The second-order valence-corrected chi connectivity index (χ2v) is 3.42. The lowest BCUT2D eigenvalue weighted by Gasteiger charge is -2.16. The zero-order chi connectivity index (χ0) is 8.04. The van der Waals surface area contributed by atoms with Crippen molar-refractivity contribution in [2.45, 2.75) is 27.2 Å². The molecule has 0 fully saturated rings. The van der Waals surface area contributed by atoms with E-state index in [1.165, 1.54) is 0 Å². The van der Waals surface area contributed by atoms with Gasteiger partial charge in [0.1, 0.15) is 0 Å². The van der Waals surface area contributed by atoms with Crippen molar-refractivity contribution in [3.63, 3.8) is 0 Å². The third-order valence-corrected chi connectivity index (χ3v) is 1.11. The third-order valence-electron chi connectivity index (χ3n) is 1.11. The van der Waals surface area contributed by atoms with E-state index < -0.39 is 0 Å². The highest BCUT2D eigenvalue weighted by molar-refractivity contribution is 5.36. The van der Waals surface area contributed by atoms with Crippen LogP contribution < -0.4 is 5.48 Å². The van der Waals surface area contributed by atoms with Gasteiger partial charge in [0.15, 0.2) is 0 Å². The Balaban J connectivity index is 3.12. The van der Waals surface area contributed by atoms with Crippen LogP contribution in [0.25, 0.3) is 0 Å². The molecule has 0 rings (SSSR count). The minimum Gasteiger partial charge on any atom is -0.374 e. The normalized spacial score (nSPS) is 11.1. The summed E-state index contributed by atoms with van der Waals surface area (Å²) in [4.78, 5) is 13.9. The summed E-state index contributed by atoms with van der Waals surface area (Å²) in [6, 6.07) is 0. The molecular formula is C7H15NO2. The van der Waals surface area contributed by atoms with Crippen LogP contribution in [0.4, 0.5) is 0 Å². The van der Waals surface area contributed by atoms with E-state index in [9.17, 15) is 4.79 Å². The van der Waals surface area contributed by atoms with Crippen LogP contribution >= 0.6 is 0 Å². The lowest BCUT2D eigenvalue weighted by molar-refractivity contribution is -0.135. The molecule has 0 saturated heterocycles. The monoisotopic (exact) mass is 145 g/mol. The third kappa shape index (κ3) is 7.43. The molecule has 0 heterocycles. The lowest BCUT2D eigenvalue weighted by Crippen LogP contribution is -2.20. The van der Waals surface area contributed by atoms with E-state index >= 15 is 0 Å². The van der Waals surface area contributed by atoms with Crippen LogP contribution in [-0.4, -0.2) is 13.0 Å². The SMILES string of the molecule is CC(C)(C)CCNOC=O. The van der Waals surface area contributed by atoms with Crippen molar-refractivity contribution in [1.29, 1.82) is 0 Å². The van der Waals surface area contributed by atoms with Gasteiger partial charge in [-0.05, 0) is 11.8 Å². The highest BCUT2D eigenvalue weighted by Gasteiger charge is 2.08. The molecular weight excluding hydrogens is 130 g/mol. The number of hydroxylamine groups is 1. The van der Waals surface area contributed by atoms with E-state index in [0.29, 0.717) is 18.4 Å². The van der Waals surface area contributed by atoms with Crippen molar-refractivity contribution in [3.8, 4) is 0 Å². The highest BCUT2D eigenvalue weighted by atomic mass is 16.7. The number of carbonyl (C=O) groups is 1. The van der Waals surface area contributed by atoms with Gasteiger partial charge >= 0.3 is 6.47 Å². The van der Waals surface area contributed by atoms with Crippen molar-refractivity contribution in [1.82, 2.24) is 5.48 Å².